The van der Waals surface area contributed by atoms with Gasteiger partial charge in [0.25, 0.3) is 0 Å². The fourth-order valence-electron chi connectivity index (χ4n) is 14.8. The minimum Gasteiger partial charge on any atom is -0.508 e. The number of hydrogen-bond donors (Lipinski definition) is 6. The largest absolute Gasteiger partial charge is 0.508 e. The molecule has 0 aliphatic heterocycles. The highest BCUT2D eigenvalue weighted by Crippen LogP contribution is 2.62. The van der Waals surface area contributed by atoms with E-state index in [1.165, 1.54) is 11.1 Å². The summed E-state index contributed by atoms with van der Waals surface area (Å²) in [4.78, 5) is 0. The molecule has 0 amide bonds. The maximum Gasteiger partial charge on any atom is 0.123 e. The third-order valence-electron chi connectivity index (χ3n) is 18.3. The number of para-hydroxylation sites is 1. The van der Waals surface area contributed by atoms with Gasteiger partial charge in [0, 0.05) is 27.8 Å². The van der Waals surface area contributed by atoms with Gasteiger partial charge in [0.2, 0.25) is 0 Å². The van der Waals surface area contributed by atoms with E-state index in [9.17, 15) is 30.6 Å². The van der Waals surface area contributed by atoms with Gasteiger partial charge < -0.3 is 30.6 Å². The molecule has 0 radical (unpaired) electrons. The summed E-state index contributed by atoms with van der Waals surface area (Å²) in [6.45, 7) is 12.0. The van der Waals surface area contributed by atoms with E-state index in [0.29, 0.717) is 0 Å². The molecule has 3 aliphatic carbocycles. The first-order chi connectivity index (χ1) is 42.1. The number of aryl methyl sites for hydroxylation is 6. The van der Waals surface area contributed by atoms with Crippen molar-refractivity contribution in [3.05, 3.63) is 355 Å². The summed E-state index contributed by atoms with van der Waals surface area (Å²) in [6.07, 6.45) is 0. The van der Waals surface area contributed by atoms with Crippen LogP contribution in [-0.4, -0.2) is 30.6 Å². The van der Waals surface area contributed by atoms with E-state index in [2.05, 4.69) is 98.8 Å². The lowest BCUT2D eigenvalue weighted by Gasteiger charge is -2.36. The Morgan fingerprint density at radius 1 is 0.218 bits per heavy atom. The molecule has 0 saturated heterocycles. The van der Waals surface area contributed by atoms with Gasteiger partial charge in [-0.3, -0.25) is 0 Å². The zero-order valence-corrected chi connectivity index (χ0v) is 49.4. The zero-order valence-electron chi connectivity index (χ0n) is 49.4. The Morgan fingerprint density at radius 3 is 0.839 bits per heavy atom. The van der Waals surface area contributed by atoms with Crippen molar-refractivity contribution in [3.63, 3.8) is 0 Å². The summed E-state index contributed by atoms with van der Waals surface area (Å²) in [6, 6.07) is 84.4. The minimum absolute atomic E-state index is 0.225. The molecule has 6 heteroatoms. The van der Waals surface area contributed by atoms with Gasteiger partial charge >= 0.3 is 0 Å². The van der Waals surface area contributed by atoms with Gasteiger partial charge in [-0.25, -0.2) is 0 Å². The van der Waals surface area contributed by atoms with E-state index in [0.717, 1.165) is 122 Å². The van der Waals surface area contributed by atoms with Crippen molar-refractivity contribution in [3.8, 4) is 67.9 Å². The fourth-order valence-corrected chi connectivity index (χ4v) is 14.8. The molecule has 0 bridgehead atoms. The van der Waals surface area contributed by atoms with Crippen LogP contribution in [0.15, 0.2) is 255 Å². The molecule has 12 aromatic carbocycles. The lowest BCUT2D eigenvalue weighted by atomic mass is 9.66. The van der Waals surface area contributed by atoms with Crippen LogP contribution in [0, 0.1) is 41.5 Å². The maximum absolute atomic E-state index is 11.4. The van der Waals surface area contributed by atoms with Crippen molar-refractivity contribution in [2.24, 2.45) is 0 Å². The van der Waals surface area contributed by atoms with Crippen LogP contribution in [-0.2, 0) is 16.2 Å². The van der Waals surface area contributed by atoms with Crippen LogP contribution in [0.1, 0.15) is 100 Å². The summed E-state index contributed by atoms with van der Waals surface area (Å²) in [5.41, 5.74) is 22.2. The normalized spacial score (nSPS) is 13.7. The molecule has 0 heterocycles. The molecular weight excluding hydrogens is 1070 g/mol. The van der Waals surface area contributed by atoms with Crippen LogP contribution in [0.25, 0.3) is 33.4 Å². The maximum atomic E-state index is 11.4. The van der Waals surface area contributed by atoms with E-state index < -0.39 is 16.2 Å². The second-order valence-electron chi connectivity index (χ2n) is 23.6. The van der Waals surface area contributed by atoms with E-state index >= 15 is 0 Å². The summed E-state index contributed by atoms with van der Waals surface area (Å²) in [5.74, 6) is 1.49. The Morgan fingerprint density at radius 2 is 0.494 bits per heavy atom. The molecular formula is C81H66O6. The number of phenolic OH excluding ortho intramolecular Hbond substituents is 6. The quantitative estimate of drug-likeness (QED) is 0.0987. The Bertz CT molecular complexity index is 4430. The van der Waals surface area contributed by atoms with Crippen LogP contribution >= 0.6 is 0 Å². The van der Waals surface area contributed by atoms with Crippen molar-refractivity contribution in [1.29, 1.82) is 0 Å². The zero-order chi connectivity index (χ0) is 60.5. The molecule has 0 saturated carbocycles. The number of benzene rings is 12. The number of fused-ring (bicyclic) bond motifs is 9. The number of rotatable bonds is 6. The van der Waals surface area contributed by atoms with Crippen molar-refractivity contribution in [2.45, 2.75) is 57.8 Å². The SMILES string of the molecule is Cc1cc(C)c(O)c(C2(c3cc(C)cc(C)c3O)c3ccccc3-c3ccccc32)c1.Cc1ccc(O)c(C2(c3cc(C)ccc3O)c3ccccc3-c3ccccc32)c1.Oc1ccc(C2(c3ccccc3O)c3ccccc3-c3ccccc32)cc1. The molecule has 12 aromatic rings. The van der Waals surface area contributed by atoms with Gasteiger partial charge in [0.1, 0.15) is 34.5 Å². The Balaban J connectivity index is 0.000000121. The molecule has 15 rings (SSSR count). The van der Waals surface area contributed by atoms with E-state index in [-0.39, 0.29) is 34.5 Å². The van der Waals surface area contributed by atoms with Crippen molar-refractivity contribution >= 4 is 0 Å². The molecule has 0 fully saturated rings. The van der Waals surface area contributed by atoms with E-state index in [1.807, 2.05) is 167 Å². The monoisotopic (exact) mass is 1130 g/mol. The van der Waals surface area contributed by atoms with E-state index in [1.54, 1.807) is 30.3 Å². The molecule has 87 heavy (non-hydrogen) atoms. The lowest BCUT2D eigenvalue weighted by Crippen LogP contribution is -2.29. The molecule has 6 N–H and O–H groups in total. The molecule has 426 valence electrons. The first kappa shape index (κ1) is 55.6. The van der Waals surface area contributed by atoms with Gasteiger partial charge in [-0.1, -0.05) is 247 Å². The molecule has 6 nitrogen and oxygen atoms in total. The predicted octanol–water partition coefficient (Wildman–Crippen LogP) is 18.2. The Kier molecular flexibility index (Phi) is 13.7. The average Bonchev–Trinajstić information content (AvgIpc) is 1.60. The van der Waals surface area contributed by atoms with Gasteiger partial charge in [-0.05, 0) is 155 Å². The van der Waals surface area contributed by atoms with Crippen LogP contribution in [0.2, 0.25) is 0 Å². The van der Waals surface area contributed by atoms with Crippen LogP contribution < -0.4 is 0 Å². The topological polar surface area (TPSA) is 121 Å². The van der Waals surface area contributed by atoms with Crippen LogP contribution in [0.4, 0.5) is 0 Å². The van der Waals surface area contributed by atoms with Crippen molar-refractivity contribution in [1.82, 2.24) is 0 Å². The van der Waals surface area contributed by atoms with E-state index in [4.69, 9.17) is 0 Å². The lowest BCUT2D eigenvalue weighted by molar-refractivity contribution is 0.443. The second-order valence-corrected chi connectivity index (χ2v) is 23.6. The number of aromatic hydroxyl groups is 6. The number of phenols is 6. The third kappa shape index (κ3) is 8.53. The minimum atomic E-state index is -0.811. The Labute approximate surface area is 508 Å². The highest BCUT2D eigenvalue weighted by Gasteiger charge is 2.51. The number of hydrogen-bond acceptors (Lipinski definition) is 6. The summed E-state index contributed by atoms with van der Waals surface area (Å²) >= 11 is 0. The first-order valence-corrected chi connectivity index (χ1v) is 29.5. The molecule has 0 aromatic heterocycles. The van der Waals surface area contributed by atoms with Crippen molar-refractivity contribution < 1.29 is 30.6 Å². The standard InChI is InChI=1S/C29H26O2.C27H22O2.C25H18O2/c1-17-13-19(3)27(30)25(15-17)29(26-16-18(2)14-20(4)28(26)31)23-11-7-5-9-21(23)22-10-6-8-12-24(22)29;1-17-11-13-25(28)23(15-17)27(24-16-18(2)12-14-26(24)29)21-9-5-3-7-19(21)20-8-4-6-10-22(20)27;26-18-15-13-17(14-16-18)25(23-11-5-6-12-24(23)27)21-9-3-1-7-19(21)20-8-2-4-10-22(20)25/h5-16,30-31H,1-4H3;3-16,28-29H,1-2H3;1-16,26-27H. The predicted molar refractivity (Wildman–Crippen MR) is 350 cm³/mol. The van der Waals surface area contributed by atoms with Gasteiger partial charge in [-0.2, -0.15) is 0 Å². The second kappa shape index (κ2) is 21.5. The summed E-state index contributed by atoms with van der Waals surface area (Å²) < 4.78 is 0. The molecule has 0 spiro atoms. The third-order valence-corrected chi connectivity index (χ3v) is 18.3. The molecule has 0 atom stereocenters. The summed E-state index contributed by atoms with van der Waals surface area (Å²) in [7, 11) is 0. The van der Waals surface area contributed by atoms with Gasteiger partial charge in [0.15, 0.2) is 0 Å². The van der Waals surface area contributed by atoms with Crippen LogP contribution in [0.5, 0.6) is 34.5 Å². The van der Waals surface area contributed by atoms with Crippen LogP contribution in [0.3, 0.4) is 0 Å². The van der Waals surface area contributed by atoms with Gasteiger partial charge in [-0.15, -0.1) is 0 Å². The summed E-state index contributed by atoms with van der Waals surface area (Å²) in [5, 5.41) is 65.6. The Hall–Kier alpha value is -10.6. The van der Waals surface area contributed by atoms with Crippen molar-refractivity contribution in [2.75, 3.05) is 0 Å². The highest BCUT2D eigenvalue weighted by molar-refractivity contribution is 5.90. The fraction of sp³-hybridized carbons (Fsp3) is 0.111. The molecule has 0 unspecified atom stereocenters. The molecule has 3 aliphatic rings. The first-order valence-electron chi connectivity index (χ1n) is 29.5. The average molecular weight is 1140 g/mol. The highest BCUT2D eigenvalue weighted by atomic mass is 16.3. The smallest absolute Gasteiger partial charge is 0.123 e. The van der Waals surface area contributed by atoms with Gasteiger partial charge in [0.05, 0.1) is 16.2 Å².